The summed E-state index contributed by atoms with van der Waals surface area (Å²) in [6.07, 6.45) is -20.6. The highest BCUT2D eigenvalue weighted by Gasteiger charge is 2.39. The molecule has 0 fully saturated rings. The molecule has 0 radical (unpaired) electrons. The van der Waals surface area contributed by atoms with Crippen LogP contribution < -0.4 is 0 Å². The van der Waals surface area contributed by atoms with Crippen LogP contribution in [0.4, 0.5) is 52.7 Å². The van der Waals surface area contributed by atoms with Crippen LogP contribution in [0.5, 0.6) is 0 Å². The minimum Gasteiger partial charge on any atom is -0.309 e. The molecule has 6 aromatic carbocycles. The summed E-state index contributed by atoms with van der Waals surface area (Å²) in [4.78, 5) is 13.8. The summed E-state index contributed by atoms with van der Waals surface area (Å²) in [6.45, 7) is 0. The van der Waals surface area contributed by atoms with Gasteiger partial charge in [0.15, 0.2) is 17.5 Å². The fraction of sp³-hybridized carbons (Fsp3) is 0.0930. The first-order valence-electron chi connectivity index (χ1n) is 17.3. The Morgan fingerprint density at radius 1 is 0.356 bits per heavy atom. The van der Waals surface area contributed by atoms with Gasteiger partial charge < -0.3 is 4.57 Å². The summed E-state index contributed by atoms with van der Waals surface area (Å²) in [5, 5.41) is -0.00105. The molecule has 0 saturated heterocycles. The number of hydrogen-bond donors (Lipinski definition) is 0. The number of alkyl halides is 12. The van der Waals surface area contributed by atoms with E-state index in [0.717, 1.165) is 22.8 Å². The molecule has 0 spiro atoms. The van der Waals surface area contributed by atoms with Crippen LogP contribution in [0.2, 0.25) is 0 Å². The van der Waals surface area contributed by atoms with Crippen molar-refractivity contribution in [3.63, 3.8) is 0 Å². The van der Waals surface area contributed by atoms with Crippen LogP contribution in [0.1, 0.15) is 22.3 Å². The van der Waals surface area contributed by atoms with Crippen LogP contribution in [0.3, 0.4) is 0 Å². The number of hydrogen-bond acceptors (Lipinski definition) is 3. The van der Waals surface area contributed by atoms with E-state index in [1.54, 1.807) is 60.7 Å². The lowest BCUT2D eigenvalue weighted by Crippen LogP contribution is -2.13. The van der Waals surface area contributed by atoms with Gasteiger partial charge in [-0.05, 0) is 48.0 Å². The Morgan fingerprint density at radius 2 is 0.763 bits per heavy atom. The van der Waals surface area contributed by atoms with Crippen LogP contribution in [-0.4, -0.2) is 19.5 Å². The molecule has 0 N–H and O–H groups in total. The van der Waals surface area contributed by atoms with Gasteiger partial charge in [-0.1, -0.05) is 91.0 Å². The van der Waals surface area contributed by atoms with E-state index in [0.29, 0.717) is 47.5 Å². The Balaban J connectivity index is 1.51. The summed E-state index contributed by atoms with van der Waals surface area (Å²) < 4.78 is 172. The number of fused-ring (bicyclic) bond motifs is 3. The first kappa shape index (κ1) is 39.1. The molecule has 8 rings (SSSR count). The second-order valence-corrected chi connectivity index (χ2v) is 13.3. The minimum absolute atomic E-state index is 0.000527. The van der Waals surface area contributed by atoms with E-state index < -0.39 is 63.8 Å². The fourth-order valence-electron chi connectivity index (χ4n) is 6.84. The van der Waals surface area contributed by atoms with Crippen LogP contribution in [0.25, 0.3) is 72.8 Å². The van der Waals surface area contributed by atoms with Crippen molar-refractivity contribution in [3.05, 3.63) is 156 Å². The lowest BCUT2D eigenvalue weighted by atomic mass is 9.94. The van der Waals surface area contributed by atoms with Gasteiger partial charge in [-0.25, -0.2) is 15.0 Å². The zero-order chi connectivity index (χ0) is 42.1. The fourth-order valence-corrected chi connectivity index (χ4v) is 6.84. The van der Waals surface area contributed by atoms with Gasteiger partial charge in [-0.2, -0.15) is 52.7 Å². The molecule has 2 aromatic heterocycles. The van der Waals surface area contributed by atoms with Crippen molar-refractivity contribution in [2.75, 3.05) is 0 Å². The van der Waals surface area contributed by atoms with Gasteiger partial charge in [0.2, 0.25) is 0 Å². The highest BCUT2D eigenvalue weighted by molar-refractivity contribution is 6.10. The smallest absolute Gasteiger partial charge is 0.309 e. The van der Waals surface area contributed by atoms with Crippen LogP contribution >= 0.6 is 0 Å². The molecule has 4 nitrogen and oxygen atoms in total. The Kier molecular flexibility index (Phi) is 9.28. The van der Waals surface area contributed by atoms with Crippen LogP contribution in [-0.2, 0) is 24.7 Å². The molecule has 8 aromatic rings. The molecule has 0 aliphatic carbocycles. The summed E-state index contributed by atoms with van der Waals surface area (Å²) in [5.74, 6) is 0.189. The van der Waals surface area contributed by atoms with Crippen molar-refractivity contribution in [2.45, 2.75) is 24.7 Å². The lowest BCUT2D eigenvalue weighted by Gasteiger charge is -2.21. The minimum atomic E-state index is -5.41. The molecular weight excluding hydrogens is 800 g/mol. The molecule has 0 atom stereocenters. The lowest BCUT2D eigenvalue weighted by molar-refractivity contribution is -0.143. The van der Waals surface area contributed by atoms with Crippen molar-refractivity contribution < 1.29 is 52.7 Å². The molecule has 0 aliphatic heterocycles. The van der Waals surface area contributed by atoms with Gasteiger partial charge in [0.25, 0.3) is 0 Å². The molecular formula is C43H22F12N4. The number of halogens is 12. The largest absolute Gasteiger partial charge is 0.417 e. The third kappa shape index (κ3) is 7.45. The molecule has 16 heteroatoms. The second-order valence-electron chi connectivity index (χ2n) is 13.3. The topological polar surface area (TPSA) is 43.6 Å². The van der Waals surface area contributed by atoms with Crippen molar-refractivity contribution in [3.8, 4) is 51.0 Å². The van der Waals surface area contributed by atoms with E-state index in [1.165, 1.54) is 12.1 Å². The van der Waals surface area contributed by atoms with Crippen molar-refractivity contribution >= 4 is 21.8 Å². The van der Waals surface area contributed by atoms with E-state index in [2.05, 4.69) is 15.0 Å². The Labute approximate surface area is 325 Å². The number of rotatable bonds is 5. The molecule has 2 heterocycles. The van der Waals surface area contributed by atoms with Gasteiger partial charge >= 0.3 is 24.7 Å². The standard InChI is InChI=1S/C43H22F12N4/c44-40(45,46)26-12-16-29(33(20-26)43(53,54)55)30-15-11-25(39-57-37(23-7-3-1-4-8-23)56-38(58-39)24-9-5-2-6-10-24)19-34(30)59-35-21-27(41(47,48)49)13-17-31(35)32-18-14-28(22-36(32)59)42(50,51)52/h1-22H. The SMILES string of the molecule is FC(F)(F)c1ccc(-c2ccc(-c3nc(-c4ccccc4)nc(-c4ccccc4)n3)cc2-n2c3cc(C(F)(F)F)ccc3c3ccc(C(F)(F)F)cc32)c(C(F)(F)F)c1. The molecule has 298 valence electrons. The molecule has 0 unspecified atom stereocenters. The maximum absolute atomic E-state index is 14.8. The predicted molar refractivity (Wildman–Crippen MR) is 196 cm³/mol. The molecule has 0 aliphatic rings. The summed E-state index contributed by atoms with van der Waals surface area (Å²) in [5.41, 5.74) is -7.26. The number of nitrogens with zero attached hydrogens (tertiary/aromatic N) is 4. The Bertz CT molecular complexity index is 2750. The maximum atomic E-state index is 14.8. The maximum Gasteiger partial charge on any atom is 0.417 e. The van der Waals surface area contributed by atoms with E-state index >= 15 is 0 Å². The van der Waals surface area contributed by atoms with Gasteiger partial charge in [-0.3, -0.25) is 0 Å². The molecule has 59 heavy (non-hydrogen) atoms. The first-order valence-corrected chi connectivity index (χ1v) is 17.3. The number of benzene rings is 6. The monoisotopic (exact) mass is 822 g/mol. The summed E-state index contributed by atoms with van der Waals surface area (Å²) in [6, 6.07) is 26.2. The predicted octanol–water partition coefficient (Wildman–Crippen LogP) is 13.7. The van der Waals surface area contributed by atoms with E-state index in [9.17, 15) is 52.7 Å². The van der Waals surface area contributed by atoms with Crippen molar-refractivity contribution in [1.82, 2.24) is 19.5 Å². The number of aromatic nitrogens is 4. The van der Waals surface area contributed by atoms with Gasteiger partial charge in [0.05, 0.1) is 39.0 Å². The Hall–Kier alpha value is -6.71. The van der Waals surface area contributed by atoms with Crippen molar-refractivity contribution in [1.29, 1.82) is 0 Å². The quantitative estimate of drug-likeness (QED) is 0.162. The summed E-state index contributed by atoms with van der Waals surface area (Å²) in [7, 11) is 0. The average molecular weight is 823 g/mol. The highest BCUT2D eigenvalue weighted by atomic mass is 19.4. The average Bonchev–Trinajstić information content (AvgIpc) is 3.52. The highest BCUT2D eigenvalue weighted by Crippen LogP contribution is 2.46. The van der Waals surface area contributed by atoms with E-state index in [1.807, 2.05) is 0 Å². The zero-order valence-electron chi connectivity index (χ0n) is 29.5. The van der Waals surface area contributed by atoms with Crippen molar-refractivity contribution in [2.24, 2.45) is 0 Å². The first-order chi connectivity index (χ1) is 27.8. The normalized spacial score (nSPS) is 12.7. The second kappa shape index (κ2) is 14.0. The van der Waals surface area contributed by atoms with E-state index in [4.69, 9.17) is 0 Å². The van der Waals surface area contributed by atoms with Gasteiger partial charge in [-0.15, -0.1) is 0 Å². The Morgan fingerprint density at radius 3 is 1.20 bits per heavy atom. The zero-order valence-corrected chi connectivity index (χ0v) is 29.5. The molecule has 0 saturated carbocycles. The third-order valence-corrected chi connectivity index (χ3v) is 9.56. The van der Waals surface area contributed by atoms with Crippen LogP contribution in [0, 0.1) is 0 Å². The van der Waals surface area contributed by atoms with Crippen LogP contribution in [0.15, 0.2) is 133 Å². The van der Waals surface area contributed by atoms with Gasteiger partial charge in [0, 0.05) is 33.0 Å². The van der Waals surface area contributed by atoms with E-state index in [-0.39, 0.29) is 50.9 Å². The third-order valence-electron chi connectivity index (χ3n) is 9.56. The van der Waals surface area contributed by atoms with Gasteiger partial charge in [0.1, 0.15) is 0 Å². The summed E-state index contributed by atoms with van der Waals surface area (Å²) >= 11 is 0. The molecule has 0 bridgehead atoms. The molecule has 0 amide bonds.